The van der Waals surface area contributed by atoms with Crippen LogP contribution < -0.4 is 0 Å². The van der Waals surface area contributed by atoms with Crippen LogP contribution in [-0.2, 0) is 9.53 Å². The molecule has 138 valence electrons. The zero-order valence-corrected chi connectivity index (χ0v) is 16.2. The summed E-state index contributed by atoms with van der Waals surface area (Å²) in [6.45, 7) is 5.23. The molecule has 0 radical (unpaired) electrons. The second kappa shape index (κ2) is 9.70. The lowest BCUT2D eigenvalue weighted by molar-refractivity contribution is -0.149. The number of rotatable bonds is 7. The molecule has 4 heteroatoms. The van der Waals surface area contributed by atoms with Gasteiger partial charge in [-0.1, -0.05) is 42.5 Å². The molecule has 0 amide bonds. The molecule has 1 aromatic carbocycles. The molecular weight excluding hydrogens is 342 g/mol. The van der Waals surface area contributed by atoms with Crippen molar-refractivity contribution >= 4 is 22.9 Å². The van der Waals surface area contributed by atoms with Crippen molar-refractivity contribution in [2.24, 2.45) is 5.92 Å². The van der Waals surface area contributed by atoms with Gasteiger partial charge in [-0.15, -0.1) is 11.3 Å². The summed E-state index contributed by atoms with van der Waals surface area (Å²) in [5.74, 6) is 0.00914. The number of carbonyl (C=O) groups excluding carboxylic acids is 1. The van der Waals surface area contributed by atoms with Gasteiger partial charge in [0.2, 0.25) is 0 Å². The fourth-order valence-corrected chi connectivity index (χ4v) is 4.30. The average Bonchev–Trinajstić information content (AvgIpc) is 3.21. The molecule has 2 aromatic rings. The predicted octanol–water partition coefficient (Wildman–Crippen LogP) is 4.85. The second-order valence-corrected chi connectivity index (χ2v) is 7.59. The van der Waals surface area contributed by atoms with Crippen molar-refractivity contribution < 1.29 is 9.53 Å². The largest absolute Gasteiger partial charge is 0.466 e. The Hall–Kier alpha value is -1.91. The Bertz CT molecular complexity index is 709. The predicted molar refractivity (Wildman–Crippen MR) is 108 cm³/mol. The second-order valence-electron chi connectivity index (χ2n) is 6.64. The molecular formula is C22H27NO2S. The number of likely N-dealkylation sites (tertiary alicyclic amines) is 1. The Morgan fingerprint density at radius 3 is 2.85 bits per heavy atom. The summed E-state index contributed by atoms with van der Waals surface area (Å²) in [7, 11) is 0. The molecule has 3 nitrogen and oxygen atoms in total. The Morgan fingerprint density at radius 1 is 1.27 bits per heavy atom. The minimum atomic E-state index is -0.0312. The molecule has 0 bridgehead atoms. The van der Waals surface area contributed by atoms with Gasteiger partial charge in [0.05, 0.1) is 12.5 Å². The minimum Gasteiger partial charge on any atom is -0.466 e. The van der Waals surface area contributed by atoms with Gasteiger partial charge < -0.3 is 9.64 Å². The smallest absolute Gasteiger partial charge is 0.310 e. The van der Waals surface area contributed by atoms with E-state index >= 15 is 0 Å². The first kappa shape index (κ1) is 18.9. The van der Waals surface area contributed by atoms with Crippen molar-refractivity contribution in [3.63, 3.8) is 0 Å². The highest BCUT2D eigenvalue weighted by Crippen LogP contribution is 2.28. The van der Waals surface area contributed by atoms with Crippen LogP contribution >= 0.6 is 11.3 Å². The topological polar surface area (TPSA) is 29.5 Å². The normalized spacial score (nSPS) is 18.7. The maximum atomic E-state index is 12.0. The Kier molecular flexibility index (Phi) is 7.04. The van der Waals surface area contributed by atoms with E-state index in [1.165, 1.54) is 16.0 Å². The molecule has 1 atom stereocenters. The van der Waals surface area contributed by atoms with Crippen molar-refractivity contribution in [1.82, 2.24) is 4.90 Å². The first-order valence-electron chi connectivity index (χ1n) is 9.46. The van der Waals surface area contributed by atoms with E-state index < -0.39 is 0 Å². The third kappa shape index (κ3) is 5.05. The summed E-state index contributed by atoms with van der Waals surface area (Å²) < 4.78 is 5.20. The summed E-state index contributed by atoms with van der Waals surface area (Å²) in [6.07, 6.45) is 5.35. The molecule has 1 aliphatic rings. The fraction of sp³-hybridized carbons (Fsp3) is 0.409. The van der Waals surface area contributed by atoms with Crippen LogP contribution in [0.25, 0.3) is 5.57 Å². The zero-order chi connectivity index (χ0) is 18.2. The number of hydrogen-bond donors (Lipinski definition) is 0. The average molecular weight is 370 g/mol. The van der Waals surface area contributed by atoms with E-state index in [2.05, 4.69) is 58.8 Å². The molecule has 1 aliphatic heterocycles. The Morgan fingerprint density at radius 2 is 2.12 bits per heavy atom. The molecule has 0 N–H and O–H groups in total. The molecule has 1 unspecified atom stereocenters. The minimum absolute atomic E-state index is 0.0312. The van der Waals surface area contributed by atoms with E-state index in [0.717, 1.165) is 38.9 Å². The Balaban J connectivity index is 1.63. The summed E-state index contributed by atoms with van der Waals surface area (Å²) in [4.78, 5) is 15.7. The number of ether oxygens (including phenoxy) is 1. The number of carbonyl (C=O) groups is 1. The van der Waals surface area contributed by atoms with Crippen LogP contribution in [0.3, 0.4) is 0 Å². The molecule has 0 aliphatic carbocycles. The van der Waals surface area contributed by atoms with E-state index in [9.17, 15) is 4.79 Å². The SMILES string of the molecule is CCOC(=O)C1CCCN(CC/C=C(/c2ccccc2)c2cccs2)C1. The summed E-state index contributed by atoms with van der Waals surface area (Å²) in [5, 5.41) is 2.13. The monoisotopic (exact) mass is 369 g/mol. The number of thiophene rings is 1. The lowest BCUT2D eigenvalue weighted by Gasteiger charge is -2.31. The van der Waals surface area contributed by atoms with Crippen molar-refractivity contribution in [3.05, 3.63) is 64.4 Å². The molecule has 1 fully saturated rings. The van der Waals surface area contributed by atoms with Gasteiger partial charge in [0, 0.05) is 18.0 Å². The number of piperidine rings is 1. The number of nitrogens with zero attached hydrogens (tertiary/aromatic N) is 1. The van der Waals surface area contributed by atoms with E-state index in [1.54, 1.807) is 11.3 Å². The third-order valence-electron chi connectivity index (χ3n) is 4.79. The van der Waals surface area contributed by atoms with Gasteiger partial charge in [-0.3, -0.25) is 4.79 Å². The Labute approximate surface area is 160 Å². The van der Waals surface area contributed by atoms with Crippen LogP contribution in [0.5, 0.6) is 0 Å². The van der Waals surface area contributed by atoms with Crippen molar-refractivity contribution in [2.45, 2.75) is 26.2 Å². The standard InChI is InChI=1S/C22H27NO2S/c1-2-25-22(24)19-11-6-14-23(17-19)15-7-12-20(21-13-8-16-26-21)18-9-4-3-5-10-18/h3-5,8-10,12-13,16,19H,2,6-7,11,14-15,17H2,1H3/b20-12-. The van der Waals surface area contributed by atoms with E-state index in [0.29, 0.717) is 6.61 Å². The maximum Gasteiger partial charge on any atom is 0.310 e. The van der Waals surface area contributed by atoms with Gasteiger partial charge in [-0.2, -0.15) is 0 Å². The van der Waals surface area contributed by atoms with Gasteiger partial charge >= 0.3 is 5.97 Å². The number of esters is 1. The van der Waals surface area contributed by atoms with Crippen molar-refractivity contribution in [2.75, 3.05) is 26.2 Å². The van der Waals surface area contributed by atoms with Gasteiger partial charge in [0.1, 0.15) is 0 Å². The lowest BCUT2D eigenvalue weighted by atomic mass is 9.98. The van der Waals surface area contributed by atoms with Crippen molar-refractivity contribution in [1.29, 1.82) is 0 Å². The number of hydrogen-bond acceptors (Lipinski definition) is 4. The zero-order valence-electron chi connectivity index (χ0n) is 15.4. The summed E-state index contributed by atoms with van der Waals surface area (Å²) in [5.41, 5.74) is 2.57. The molecule has 1 saturated heterocycles. The first-order chi connectivity index (χ1) is 12.8. The van der Waals surface area contributed by atoms with Crippen LogP contribution in [-0.4, -0.2) is 37.1 Å². The molecule has 3 rings (SSSR count). The third-order valence-corrected chi connectivity index (χ3v) is 5.69. The lowest BCUT2D eigenvalue weighted by Crippen LogP contribution is -2.39. The molecule has 0 spiro atoms. The van der Waals surface area contributed by atoms with E-state index in [1.807, 2.05) is 6.92 Å². The fourth-order valence-electron chi connectivity index (χ4n) is 3.51. The van der Waals surface area contributed by atoms with Crippen LogP contribution in [0.1, 0.15) is 36.6 Å². The number of benzene rings is 1. The van der Waals surface area contributed by atoms with Crippen LogP contribution in [0, 0.1) is 5.92 Å². The quantitative estimate of drug-likeness (QED) is 0.654. The van der Waals surface area contributed by atoms with E-state index in [-0.39, 0.29) is 11.9 Å². The summed E-state index contributed by atoms with van der Waals surface area (Å²) in [6, 6.07) is 14.9. The highest BCUT2D eigenvalue weighted by atomic mass is 32.1. The van der Waals surface area contributed by atoms with Gasteiger partial charge in [-0.05, 0) is 55.3 Å². The first-order valence-corrected chi connectivity index (χ1v) is 10.3. The van der Waals surface area contributed by atoms with Crippen molar-refractivity contribution in [3.8, 4) is 0 Å². The van der Waals surface area contributed by atoms with Crippen LogP contribution in [0.2, 0.25) is 0 Å². The highest BCUT2D eigenvalue weighted by Gasteiger charge is 2.26. The van der Waals surface area contributed by atoms with Gasteiger partial charge in [0.25, 0.3) is 0 Å². The summed E-state index contributed by atoms with van der Waals surface area (Å²) >= 11 is 1.78. The molecule has 2 heterocycles. The van der Waals surface area contributed by atoms with Crippen LogP contribution in [0.15, 0.2) is 53.9 Å². The molecule has 1 aromatic heterocycles. The van der Waals surface area contributed by atoms with Gasteiger partial charge in [0.15, 0.2) is 0 Å². The van der Waals surface area contributed by atoms with Gasteiger partial charge in [-0.25, -0.2) is 0 Å². The van der Waals surface area contributed by atoms with E-state index in [4.69, 9.17) is 4.74 Å². The van der Waals surface area contributed by atoms with Crippen LogP contribution in [0.4, 0.5) is 0 Å². The highest BCUT2D eigenvalue weighted by molar-refractivity contribution is 7.11. The molecule has 0 saturated carbocycles. The molecule has 26 heavy (non-hydrogen) atoms. The maximum absolute atomic E-state index is 12.0.